The molecule has 6 nitrogen and oxygen atoms in total. The van der Waals surface area contributed by atoms with Gasteiger partial charge >= 0.3 is 5.97 Å². The Balaban J connectivity index is 1.65. The molecule has 0 spiro atoms. The van der Waals surface area contributed by atoms with Gasteiger partial charge in [-0.05, 0) is 44.0 Å². The normalized spacial score (nSPS) is 11.9. The Labute approximate surface area is 176 Å². The maximum absolute atomic E-state index is 12.7. The van der Waals surface area contributed by atoms with Crippen molar-refractivity contribution in [1.29, 1.82) is 0 Å². The molecule has 0 saturated carbocycles. The van der Waals surface area contributed by atoms with E-state index in [9.17, 15) is 9.59 Å². The Kier molecular flexibility index (Phi) is 6.67. The summed E-state index contributed by atoms with van der Waals surface area (Å²) in [6.07, 6.45) is 0. The summed E-state index contributed by atoms with van der Waals surface area (Å²) in [5.74, 6) is 0.118. The number of amides is 1. The van der Waals surface area contributed by atoms with Gasteiger partial charge in [-0.2, -0.15) is 0 Å². The molecule has 3 rings (SSSR count). The number of nitrogens with zero attached hydrogens (tertiary/aromatic N) is 1. The minimum Gasteiger partial charge on any atom is -0.457 e. The highest BCUT2D eigenvalue weighted by Crippen LogP contribution is 2.22. The summed E-state index contributed by atoms with van der Waals surface area (Å²) in [7, 11) is 0. The summed E-state index contributed by atoms with van der Waals surface area (Å²) in [6.45, 7) is 7.42. The molecule has 0 aliphatic carbocycles. The molecule has 6 heteroatoms. The van der Waals surface area contributed by atoms with E-state index in [1.165, 1.54) is 0 Å². The fraction of sp³-hybridized carbons (Fsp3) is 0.292. The lowest BCUT2D eigenvalue weighted by atomic mass is 10.0. The molecule has 0 unspecified atom stereocenters. The number of ether oxygens (including phenoxy) is 1. The minimum atomic E-state index is -0.764. The number of hydrogen-bond donors (Lipinski definition) is 1. The standard InChI is InChI=1S/C24H26N2O4/c1-15(2)21(26-22(27)18-12-10-16(3)11-13-18)24(28)29-14-20-17(4)30-23(25-20)19-8-6-5-7-9-19/h5-13,15,21H,14H2,1-4H3,(H,26,27)/t21-/m0/s1. The lowest BCUT2D eigenvalue weighted by Crippen LogP contribution is -2.45. The first kappa shape index (κ1) is 21.3. The first-order valence-electron chi connectivity index (χ1n) is 9.91. The molecular weight excluding hydrogens is 380 g/mol. The number of carbonyl (C=O) groups is 2. The monoisotopic (exact) mass is 406 g/mol. The predicted octanol–water partition coefficient (Wildman–Crippen LogP) is 4.46. The molecule has 0 saturated heterocycles. The number of hydrogen-bond acceptors (Lipinski definition) is 5. The quantitative estimate of drug-likeness (QED) is 0.586. The zero-order chi connectivity index (χ0) is 21.7. The van der Waals surface area contributed by atoms with Crippen LogP contribution in [0.4, 0.5) is 0 Å². The Morgan fingerprint density at radius 1 is 1.03 bits per heavy atom. The van der Waals surface area contributed by atoms with Crippen LogP contribution in [-0.2, 0) is 16.1 Å². The van der Waals surface area contributed by atoms with Crippen molar-refractivity contribution in [3.05, 3.63) is 77.2 Å². The third-order valence-electron chi connectivity index (χ3n) is 4.79. The van der Waals surface area contributed by atoms with Crippen molar-refractivity contribution in [2.24, 2.45) is 5.92 Å². The maximum atomic E-state index is 12.7. The van der Waals surface area contributed by atoms with Crippen LogP contribution >= 0.6 is 0 Å². The number of oxazole rings is 1. The van der Waals surface area contributed by atoms with Gasteiger partial charge in [0.25, 0.3) is 5.91 Å². The molecule has 1 amide bonds. The van der Waals surface area contributed by atoms with E-state index < -0.39 is 12.0 Å². The Morgan fingerprint density at radius 3 is 2.33 bits per heavy atom. The van der Waals surface area contributed by atoms with E-state index in [1.807, 2.05) is 63.2 Å². The zero-order valence-corrected chi connectivity index (χ0v) is 17.6. The third kappa shape index (κ3) is 5.14. The molecule has 0 aliphatic rings. The number of carbonyl (C=O) groups excluding carboxylic acids is 2. The lowest BCUT2D eigenvalue weighted by molar-refractivity contribution is -0.148. The molecule has 0 fully saturated rings. The highest BCUT2D eigenvalue weighted by molar-refractivity contribution is 5.96. The van der Waals surface area contributed by atoms with Gasteiger partial charge in [-0.25, -0.2) is 9.78 Å². The lowest BCUT2D eigenvalue weighted by Gasteiger charge is -2.20. The van der Waals surface area contributed by atoms with Crippen LogP contribution in [0.1, 0.15) is 41.2 Å². The van der Waals surface area contributed by atoms with E-state index in [0.717, 1.165) is 11.1 Å². The van der Waals surface area contributed by atoms with Crippen LogP contribution in [0.2, 0.25) is 0 Å². The number of aromatic nitrogens is 1. The molecule has 0 bridgehead atoms. The molecule has 3 aromatic rings. The van der Waals surface area contributed by atoms with E-state index in [-0.39, 0.29) is 18.4 Å². The van der Waals surface area contributed by atoms with Crippen LogP contribution in [0, 0.1) is 19.8 Å². The van der Waals surface area contributed by atoms with Crippen LogP contribution in [0.3, 0.4) is 0 Å². The fourth-order valence-corrected chi connectivity index (χ4v) is 2.92. The van der Waals surface area contributed by atoms with E-state index in [2.05, 4.69) is 10.3 Å². The molecule has 30 heavy (non-hydrogen) atoms. The van der Waals surface area contributed by atoms with Crippen LogP contribution in [0.25, 0.3) is 11.5 Å². The fourth-order valence-electron chi connectivity index (χ4n) is 2.92. The minimum absolute atomic E-state index is 0.0232. The van der Waals surface area contributed by atoms with Gasteiger partial charge in [0.1, 0.15) is 24.1 Å². The van der Waals surface area contributed by atoms with Crippen molar-refractivity contribution in [1.82, 2.24) is 10.3 Å². The summed E-state index contributed by atoms with van der Waals surface area (Å²) < 4.78 is 11.2. The van der Waals surface area contributed by atoms with Gasteiger partial charge in [-0.3, -0.25) is 4.79 Å². The SMILES string of the molecule is Cc1ccc(C(=O)N[C@H](C(=O)OCc2nc(-c3ccccc3)oc2C)C(C)C)cc1. The van der Waals surface area contributed by atoms with E-state index >= 15 is 0 Å². The Bertz CT molecular complexity index is 1010. The number of esters is 1. The number of benzene rings is 2. The smallest absolute Gasteiger partial charge is 0.329 e. The van der Waals surface area contributed by atoms with Crippen LogP contribution in [0.15, 0.2) is 59.0 Å². The summed E-state index contributed by atoms with van der Waals surface area (Å²) in [4.78, 5) is 29.6. The highest BCUT2D eigenvalue weighted by Gasteiger charge is 2.27. The predicted molar refractivity (Wildman–Crippen MR) is 114 cm³/mol. The number of nitrogens with one attached hydrogen (secondary N) is 1. The zero-order valence-electron chi connectivity index (χ0n) is 17.6. The first-order valence-corrected chi connectivity index (χ1v) is 9.91. The number of aryl methyl sites for hydroxylation is 2. The maximum Gasteiger partial charge on any atom is 0.329 e. The van der Waals surface area contributed by atoms with Gasteiger partial charge in [-0.15, -0.1) is 0 Å². The van der Waals surface area contributed by atoms with E-state index in [0.29, 0.717) is 22.9 Å². The molecule has 0 aliphatic heterocycles. The van der Waals surface area contributed by atoms with Gasteiger partial charge in [0, 0.05) is 11.1 Å². The van der Waals surface area contributed by atoms with Crippen molar-refractivity contribution < 1.29 is 18.7 Å². The van der Waals surface area contributed by atoms with E-state index in [1.54, 1.807) is 19.1 Å². The van der Waals surface area contributed by atoms with Gasteiger partial charge in [0.05, 0.1) is 0 Å². The third-order valence-corrected chi connectivity index (χ3v) is 4.79. The van der Waals surface area contributed by atoms with Crippen molar-refractivity contribution in [3.63, 3.8) is 0 Å². The van der Waals surface area contributed by atoms with Crippen molar-refractivity contribution >= 4 is 11.9 Å². The largest absolute Gasteiger partial charge is 0.457 e. The molecule has 1 N–H and O–H groups in total. The molecule has 1 atom stereocenters. The van der Waals surface area contributed by atoms with Gasteiger partial charge in [0.15, 0.2) is 0 Å². The van der Waals surface area contributed by atoms with Gasteiger partial charge in [-0.1, -0.05) is 49.7 Å². The molecule has 1 heterocycles. The van der Waals surface area contributed by atoms with Crippen LogP contribution in [0.5, 0.6) is 0 Å². The van der Waals surface area contributed by atoms with Gasteiger partial charge < -0.3 is 14.5 Å². The van der Waals surface area contributed by atoms with Crippen LogP contribution in [-0.4, -0.2) is 22.9 Å². The molecule has 156 valence electrons. The topological polar surface area (TPSA) is 81.4 Å². The van der Waals surface area contributed by atoms with E-state index in [4.69, 9.17) is 9.15 Å². The molecule has 0 radical (unpaired) electrons. The summed E-state index contributed by atoms with van der Waals surface area (Å²) in [5.41, 5.74) is 2.96. The summed E-state index contributed by atoms with van der Waals surface area (Å²) >= 11 is 0. The average molecular weight is 406 g/mol. The van der Waals surface area contributed by atoms with Crippen molar-refractivity contribution in [2.45, 2.75) is 40.3 Å². The second-order valence-corrected chi connectivity index (χ2v) is 7.56. The number of rotatable bonds is 7. The van der Waals surface area contributed by atoms with Crippen molar-refractivity contribution in [3.8, 4) is 11.5 Å². The first-order chi connectivity index (χ1) is 14.3. The van der Waals surface area contributed by atoms with Crippen LogP contribution < -0.4 is 5.32 Å². The Hall–Kier alpha value is -3.41. The summed E-state index contributed by atoms with van der Waals surface area (Å²) in [6, 6.07) is 15.9. The van der Waals surface area contributed by atoms with Gasteiger partial charge in [0.2, 0.25) is 5.89 Å². The molecule has 2 aromatic carbocycles. The summed E-state index contributed by atoms with van der Waals surface area (Å²) in [5, 5.41) is 2.78. The highest BCUT2D eigenvalue weighted by atomic mass is 16.5. The Morgan fingerprint density at radius 2 is 1.70 bits per heavy atom. The second-order valence-electron chi connectivity index (χ2n) is 7.56. The molecular formula is C24H26N2O4. The molecule has 1 aromatic heterocycles. The second kappa shape index (κ2) is 9.39. The average Bonchev–Trinajstić information content (AvgIpc) is 3.11. The van der Waals surface area contributed by atoms with Crippen molar-refractivity contribution in [2.75, 3.05) is 0 Å².